The van der Waals surface area contributed by atoms with E-state index >= 15 is 0 Å². The van der Waals surface area contributed by atoms with E-state index in [1.165, 1.54) is 18.2 Å². The van der Waals surface area contributed by atoms with Gasteiger partial charge in [0, 0.05) is 18.8 Å². The number of thioether (sulfide) groups is 1. The monoisotopic (exact) mass is 418 g/mol. The zero-order chi connectivity index (χ0) is 19.9. The van der Waals surface area contributed by atoms with Gasteiger partial charge in [-0.25, -0.2) is 9.78 Å². The summed E-state index contributed by atoms with van der Waals surface area (Å²) in [7, 11) is 0. The second-order valence-electron chi connectivity index (χ2n) is 6.61. The third kappa shape index (κ3) is 5.06. The van der Waals surface area contributed by atoms with E-state index in [1.54, 1.807) is 42.6 Å². The van der Waals surface area contributed by atoms with Crippen LogP contribution in [0.2, 0.25) is 5.02 Å². The number of rotatable bonds is 6. The summed E-state index contributed by atoms with van der Waals surface area (Å²) in [6, 6.07) is 10.4. The summed E-state index contributed by atoms with van der Waals surface area (Å²) in [6.45, 7) is 2.92. The van der Waals surface area contributed by atoms with Gasteiger partial charge in [-0.2, -0.15) is 0 Å². The molecule has 1 aliphatic rings. The van der Waals surface area contributed by atoms with E-state index in [9.17, 15) is 9.59 Å². The molecule has 28 heavy (non-hydrogen) atoms. The van der Waals surface area contributed by atoms with E-state index in [0.29, 0.717) is 27.4 Å². The number of aromatic nitrogens is 1. The maximum absolute atomic E-state index is 12.7. The van der Waals surface area contributed by atoms with Crippen LogP contribution < -0.4 is 4.74 Å². The van der Waals surface area contributed by atoms with Gasteiger partial charge in [-0.1, -0.05) is 42.4 Å². The van der Waals surface area contributed by atoms with Gasteiger partial charge in [0.2, 0.25) is 5.91 Å². The Balaban J connectivity index is 1.67. The molecule has 0 aliphatic carbocycles. The van der Waals surface area contributed by atoms with Gasteiger partial charge in [-0.3, -0.25) is 4.79 Å². The minimum Gasteiger partial charge on any atom is -0.421 e. The molecule has 1 aliphatic heterocycles. The lowest BCUT2D eigenvalue weighted by Crippen LogP contribution is -2.44. The maximum Gasteiger partial charge on any atom is 0.346 e. The summed E-state index contributed by atoms with van der Waals surface area (Å²) in [5.74, 6) is 0.0946. The van der Waals surface area contributed by atoms with Crippen LogP contribution in [0.15, 0.2) is 47.6 Å². The first-order chi connectivity index (χ1) is 13.6. The topological polar surface area (TPSA) is 59.5 Å². The van der Waals surface area contributed by atoms with Gasteiger partial charge in [-0.15, -0.1) is 0 Å². The molecule has 148 valence electrons. The molecule has 0 saturated carbocycles. The van der Waals surface area contributed by atoms with E-state index in [2.05, 4.69) is 11.9 Å². The van der Waals surface area contributed by atoms with Crippen LogP contribution in [-0.4, -0.2) is 40.1 Å². The van der Waals surface area contributed by atoms with Crippen LogP contribution in [-0.2, 0) is 4.79 Å². The Kier molecular flexibility index (Phi) is 7.34. The lowest BCUT2D eigenvalue weighted by Gasteiger charge is -2.35. The number of ether oxygens (including phenoxy) is 1. The van der Waals surface area contributed by atoms with Crippen LogP contribution in [0.5, 0.6) is 5.75 Å². The number of hydrogen-bond acceptors (Lipinski definition) is 5. The molecule has 0 bridgehead atoms. The van der Waals surface area contributed by atoms with Gasteiger partial charge in [0.25, 0.3) is 0 Å². The molecule has 1 amide bonds. The van der Waals surface area contributed by atoms with Crippen molar-refractivity contribution < 1.29 is 14.3 Å². The van der Waals surface area contributed by atoms with Crippen molar-refractivity contribution in [2.75, 3.05) is 12.3 Å². The third-order valence-corrected chi connectivity index (χ3v) is 6.08. The highest BCUT2D eigenvalue weighted by molar-refractivity contribution is 8.00. The number of carbonyl (C=O) groups is 2. The Bertz CT molecular complexity index is 846. The van der Waals surface area contributed by atoms with Crippen molar-refractivity contribution in [3.8, 4) is 5.75 Å². The highest BCUT2D eigenvalue weighted by atomic mass is 35.5. The highest BCUT2D eigenvalue weighted by Gasteiger charge is 2.26. The van der Waals surface area contributed by atoms with Crippen molar-refractivity contribution in [1.82, 2.24) is 9.88 Å². The molecule has 5 nitrogen and oxygen atoms in total. The van der Waals surface area contributed by atoms with E-state index in [1.807, 2.05) is 4.90 Å². The van der Waals surface area contributed by atoms with Crippen molar-refractivity contribution in [1.29, 1.82) is 0 Å². The summed E-state index contributed by atoms with van der Waals surface area (Å²) >= 11 is 7.33. The quantitative estimate of drug-likeness (QED) is 0.381. The lowest BCUT2D eigenvalue weighted by molar-refractivity contribution is -0.132. The zero-order valence-electron chi connectivity index (χ0n) is 15.8. The second-order valence-corrected chi connectivity index (χ2v) is 7.98. The predicted octanol–water partition coefficient (Wildman–Crippen LogP) is 4.84. The molecule has 0 spiro atoms. The average Bonchev–Trinajstić information content (AvgIpc) is 2.73. The van der Waals surface area contributed by atoms with Crippen molar-refractivity contribution in [3.05, 3.63) is 53.2 Å². The number of hydrogen-bond donors (Lipinski definition) is 0. The fourth-order valence-electron chi connectivity index (χ4n) is 3.31. The summed E-state index contributed by atoms with van der Waals surface area (Å²) in [5.41, 5.74) is 0.325. The molecule has 7 heteroatoms. The molecule has 0 radical (unpaired) electrons. The number of carbonyl (C=O) groups excluding carboxylic acids is 2. The number of benzene rings is 1. The molecule has 2 heterocycles. The largest absolute Gasteiger partial charge is 0.421 e. The number of pyridine rings is 1. The van der Waals surface area contributed by atoms with Crippen LogP contribution in [0.1, 0.15) is 43.0 Å². The number of halogens is 1. The first-order valence-corrected chi connectivity index (χ1v) is 10.8. The standard InChI is InChI=1S/C21H23ClN2O3S/c1-2-15-8-5-6-13-24(15)19(25)14-28-20-16(9-7-12-23-20)21(26)27-18-11-4-3-10-17(18)22/h3-4,7,9-12,15H,2,5-6,8,13-14H2,1H3/t15-/m1/s1. The number of esters is 1. The average molecular weight is 419 g/mol. The van der Waals surface area contributed by atoms with E-state index < -0.39 is 5.97 Å². The van der Waals surface area contributed by atoms with Gasteiger partial charge < -0.3 is 9.64 Å². The van der Waals surface area contributed by atoms with Crippen LogP contribution in [0.25, 0.3) is 0 Å². The Hall–Kier alpha value is -2.05. The molecule has 1 aromatic carbocycles. The first-order valence-electron chi connectivity index (χ1n) is 9.44. The van der Waals surface area contributed by atoms with Gasteiger partial charge in [0.15, 0.2) is 0 Å². The highest BCUT2D eigenvalue weighted by Crippen LogP contribution is 2.27. The third-order valence-electron chi connectivity index (χ3n) is 4.78. The molecular weight excluding hydrogens is 396 g/mol. The van der Waals surface area contributed by atoms with E-state index in [4.69, 9.17) is 16.3 Å². The minimum absolute atomic E-state index is 0.0904. The number of likely N-dealkylation sites (tertiary alicyclic amines) is 1. The van der Waals surface area contributed by atoms with Gasteiger partial charge >= 0.3 is 5.97 Å². The van der Waals surface area contributed by atoms with Crippen molar-refractivity contribution in [2.45, 2.75) is 43.7 Å². The zero-order valence-corrected chi connectivity index (χ0v) is 17.3. The molecule has 1 fully saturated rings. The maximum atomic E-state index is 12.7. The molecule has 2 aromatic rings. The molecule has 0 N–H and O–H groups in total. The molecular formula is C21H23ClN2O3S. The summed E-state index contributed by atoms with van der Waals surface area (Å²) in [5, 5.41) is 0.845. The van der Waals surface area contributed by atoms with Crippen molar-refractivity contribution in [2.24, 2.45) is 0 Å². The van der Waals surface area contributed by atoms with Gasteiger partial charge in [-0.05, 0) is 49.9 Å². The number of para-hydroxylation sites is 1. The predicted molar refractivity (Wildman–Crippen MR) is 111 cm³/mol. The lowest BCUT2D eigenvalue weighted by atomic mass is 10.0. The SMILES string of the molecule is CC[C@@H]1CCCCN1C(=O)CSc1ncccc1C(=O)Oc1ccccc1Cl. The molecule has 3 rings (SSSR count). The molecule has 1 atom stereocenters. The van der Waals surface area contributed by atoms with Crippen LogP contribution in [0.4, 0.5) is 0 Å². The number of piperidine rings is 1. The Morgan fingerprint density at radius 2 is 2.07 bits per heavy atom. The molecule has 1 saturated heterocycles. The van der Waals surface area contributed by atoms with Crippen LogP contribution in [0, 0.1) is 0 Å². The van der Waals surface area contributed by atoms with Crippen LogP contribution in [0.3, 0.4) is 0 Å². The van der Waals surface area contributed by atoms with Crippen molar-refractivity contribution in [3.63, 3.8) is 0 Å². The summed E-state index contributed by atoms with van der Waals surface area (Å²) in [6.07, 6.45) is 5.86. The second kappa shape index (κ2) is 9.94. The Labute approximate surface area is 174 Å². The first kappa shape index (κ1) is 20.7. The van der Waals surface area contributed by atoms with Gasteiger partial charge in [0.1, 0.15) is 10.8 Å². The van der Waals surface area contributed by atoms with Gasteiger partial charge in [0.05, 0.1) is 16.3 Å². The fraction of sp³-hybridized carbons (Fsp3) is 0.381. The van der Waals surface area contributed by atoms with E-state index in [0.717, 1.165) is 25.8 Å². The molecule has 1 aromatic heterocycles. The van der Waals surface area contributed by atoms with E-state index in [-0.39, 0.29) is 11.7 Å². The smallest absolute Gasteiger partial charge is 0.346 e. The minimum atomic E-state index is -0.541. The molecule has 0 unspecified atom stereocenters. The van der Waals surface area contributed by atoms with Crippen molar-refractivity contribution >= 4 is 35.2 Å². The summed E-state index contributed by atoms with van der Waals surface area (Å²) in [4.78, 5) is 31.6. The Morgan fingerprint density at radius 3 is 2.86 bits per heavy atom. The normalized spacial score (nSPS) is 16.6. The Morgan fingerprint density at radius 1 is 1.25 bits per heavy atom. The fourth-order valence-corrected chi connectivity index (χ4v) is 4.35. The van der Waals surface area contributed by atoms with Crippen LogP contribution >= 0.6 is 23.4 Å². The number of amides is 1. The number of nitrogens with zero attached hydrogens (tertiary/aromatic N) is 2. The summed E-state index contributed by atoms with van der Waals surface area (Å²) < 4.78 is 5.41.